The lowest BCUT2D eigenvalue weighted by Crippen LogP contribution is -2.40. The molecule has 2 N–H and O–H groups in total. The lowest BCUT2D eigenvalue weighted by atomic mass is 9.89. The molecule has 3 aliphatic rings. The van der Waals surface area contributed by atoms with Crippen LogP contribution in [-0.2, 0) is 4.79 Å². The van der Waals surface area contributed by atoms with Crippen molar-refractivity contribution < 1.29 is 9.32 Å². The number of nitrogens with one attached hydrogen (secondary N) is 2. The van der Waals surface area contributed by atoms with Crippen LogP contribution >= 0.6 is 0 Å². The number of hydrogen-bond acceptors (Lipinski definition) is 5. The van der Waals surface area contributed by atoms with Crippen LogP contribution in [-0.4, -0.2) is 28.1 Å². The molecule has 2 aliphatic heterocycles. The third-order valence-electron chi connectivity index (χ3n) is 5.97. The fraction of sp³-hybridized carbons (Fsp3) is 0.833. The summed E-state index contributed by atoms with van der Waals surface area (Å²) in [7, 11) is 0. The van der Waals surface area contributed by atoms with E-state index in [9.17, 15) is 4.79 Å². The van der Waals surface area contributed by atoms with E-state index >= 15 is 0 Å². The second-order valence-corrected chi connectivity index (χ2v) is 7.94. The lowest BCUT2D eigenvalue weighted by molar-refractivity contribution is -0.123. The molecule has 24 heavy (non-hydrogen) atoms. The van der Waals surface area contributed by atoms with E-state index in [0.29, 0.717) is 36.2 Å². The number of carbonyl (C=O) groups excluding carboxylic acids is 1. The third kappa shape index (κ3) is 3.48. The van der Waals surface area contributed by atoms with Gasteiger partial charge in [0.15, 0.2) is 5.82 Å². The first-order valence-corrected chi connectivity index (χ1v) is 9.56. The Morgan fingerprint density at radius 1 is 1.25 bits per heavy atom. The van der Waals surface area contributed by atoms with Gasteiger partial charge in [-0.15, -0.1) is 0 Å². The molecular weight excluding hydrogens is 304 g/mol. The molecule has 1 unspecified atom stereocenters. The summed E-state index contributed by atoms with van der Waals surface area (Å²) in [5, 5.41) is 10.8. The standard InChI is InChI=1S/C18H28N4O2/c1-11(18-21-17(22-24-18)13-4-2-3-5-13)19-16(23)10-12-8-14-6-7-15(9-12)20-14/h11-15,20H,2-10H2,1H3,(H,19,23)/t11-,12?,14-,15+/m0/s1. The zero-order valence-electron chi connectivity index (χ0n) is 14.5. The molecule has 2 bridgehead atoms. The van der Waals surface area contributed by atoms with Gasteiger partial charge in [-0.05, 0) is 51.4 Å². The Kier molecular flexibility index (Phi) is 4.57. The van der Waals surface area contributed by atoms with Gasteiger partial charge in [-0.3, -0.25) is 4.79 Å². The van der Waals surface area contributed by atoms with Crippen LogP contribution in [0.2, 0.25) is 0 Å². The van der Waals surface area contributed by atoms with Crippen molar-refractivity contribution >= 4 is 5.91 Å². The van der Waals surface area contributed by atoms with Gasteiger partial charge >= 0.3 is 0 Å². The third-order valence-corrected chi connectivity index (χ3v) is 5.97. The summed E-state index contributed by atoms with van der Waals surface area (Å²) in [6.45, 7) is 1.93. The first kappa shape index (κ1) is 16.1. The fourth-order valence-corrected chi connectivity index (χ4v) is 4.74. The number of nitrogens with zero attached hydrogens (tertiary/aromatic N) is 2. The van der Waals surface area contributed by atoms with Gasteiger partial charge < -0.3 is 15.2 Å². The van der Waals surface area contributed by atoms with E-state index in [2.05, 4.69) is 20.8 Å². The summed E-state index contributed by atoms with van der Waals surface area (Å²) in [6.07, 6.45) is 10.2. The molecular formula is C18H28N4O2. The fourth-order valence-electron chi connectivity index (χ4n) is 4.74. The number of aromatic nitrogens is 2. The van der Waals surface area contributed by atoms with E-state index in [1.54, 1.807) is 0 Å². The number of hydrogen-bond donors (Lipinski definition) is 2. The Bertz CT molecular complexity index is 569. The highest BCUT2D eigenvalue weighted by molar-refractivity contribution is 5.76. The maximum absolute atomic E-state index is 12.4. The molecule has 6 heteroatoms. The molecule has 1 aliphatic carbocycles. The van der Waals surface area contributed by atoms with Gasteiger partial charge in [0, 0.05) is 24.4 Å². The topological polar surface area (TPSA) is 80.0 Å². The molecule has 1 aromatic rings. The number of rotatable bonds is 5. The zero-order valence-corrected chi connectivity index (χ0v) is 14.5. The molecule has 4 atom stereocenters. The molecule has 6 nitrogen and oxygen atoms in total. The van der Waals surface area contributed by atoms with E-state index in [1.165, 1.54) is 25.7 Å². The van der Waals surface area contributed by atoms with Gasteiger partial charge in [0.05, 0.1) is 0 Å². The minimum Gasteiger partial charge on any atom is -0.345 e. The SMILES string of the molecule is C[C@H](NC(=O)CC1C[C@H]2CC[C@@H](C1)N2)c1nc(C2CCCC2)no1. The lowest BCUT2D eigenvalue weighted by Gasteiger charge is -2.28. The Morgan fingerprint density at radius 2 is 1.96 bits per heavy atom. The molecule has 132 valence electrons. The summed E-state index contributed by atoms with van der Waals surface area (Å²) in [6, 6.07) is 1.05. The van der Waals surface area contributed by atoms with E-state index in [0.717, 1.165) is 31.5 Å². The molecule has 0 spiro atoms. The maximum atomic E-state index is 12.4. The highest BCUT2D eigenvalue weighted by atomic mass is 16.5. The Morgan fingerprint density at radius 3 is 2.67 bits per heavy atom. The van der Waals surface area contributed by atoms with Gasteiger partial charge in [-0.2, -0.15) is 4.98 Å². The van der Waals surface area contributed by atoms with Crippen molar-refractivity contribution in [2.45, 2.75) is 88.8 Å². The minimum atomic E-state index is -0.210. The summed E-state index contributed by atoms with van der Waals surface area (Å²) < 4.78 is 5.39. The van der Waals surface area contributed by atoms with Crippen LogP contribution in [0.5, 0.6) is 0 Å². The summed E-state index contributed by atoms with van der Waals surface area (Å²) in [5.74, 6) is 2.41. The summed E-state index contributed by atoms with van der Waals surface area (Å²) in [5.41, 5.74) is 0. The van der Waals surface area contributed by atoms with E-state index in [-0.39, 0.29) is 11.9 Å². The monoisotopic (exact) mass is 332 g/mol. The minimum absolute atomic E-state index is 0.106. The first-order valence-electron chi connectivity index (χ1n) is 9.56. The van der Waals surface area contributed by atoms with Crippen LogP contribution in [0.25, 0.3) is 0 Å². The van der Waals surface area contributed by atoms with Gasteiger partial charge in [-0.25, -0.2) is 0 Å². The van der Waals surface area contributed by atoms with E-state index < -0.39 is 0 Å². The first-order chi connectivity index (χ1) is 11.7. The van der Waals surface area contributed by atoms with Crippen LogP contribution in [0.15, 0.2) is 4.52 Å². The smallest absolute Gasteiger partial charge is 0.248 e. The average Bonchev–Trinajstić information content (AvgIpc) is 3.27. The second kappa shape index (κ2) is 6.82. The normalized spacial score (nSPS) is 31.3. The molecule has 1 aromatic heterocycles. The summed E-state index contributed by atoms with van der Waals surface area (Å²) in [4.78, 5) is 16.9. The van der Waals surface area contributed by atoms with Gasteiger partial charge in [0.2, 0.25) is 11.8 Å². The number of piperidine rings is 1. The Labute approximate surface area is 143 Å². The Hall–Kier alpha value is -1.43. The van der Waals surface area contributed by atoms with Gasteiger partial charge in [0.1, 0.15) is 6.04 Å². The van der Waals surface area contributed by atoms with Crippen LogP contribution < -0.4 is 10.6 Å². The van der Waals surface area contributed by atoms with Crippen LogP contribution in [0, 0.1) is 5.92 Å². The summed E-state index contributed by atoms with van der Waals surface area (Å²) >= 11 is 0. The van der Waals surface area contributed by atoms with Crippen LogP contribution in [0.3, 0.4) is 0 Å². The average molecular weight is 332 g/mol. The van der Waals surface area contributed by atoms with E-state index in [1.807, 2.05) is 6.92 Å². The number of amides is 1. The largest absolute Gasteiger partial charge is 0.345 e. The van der Waals surface area contributed by atoms with Crippen molar-refractivity contribution in [3.63, 3.8) is 0 Å². The van der Waals surface area contributed by atoms with Crippen molar-refractivity contribution in [2.75, 3.05) is 0 Å². The number of fused-ring (bicyclic) bond motifs is 2. The van der Waals surface area contributed by atoms with Gasteiger partial charge in [-0.1, -0.05) is 18.0 Å². The highest BCUT2D eigenvalue weighted by Gasteiger charge is 2.34. The molecule has 4 rings (SSSR count). The van der Waals surface area contributed by atoms with Crippen molar-refractivity contribution in [1.82, 2.24) is 20.8 Å². The highest BCUT2D eigenvalue weighted by Crippen LogP contribution is 2.34. The molecule has 2 saturated heterocycles. The zero-order chi connectivity index (χ0) is 16.5. The van der Waals surface area contributed by atoms with E-state index in [4.69, 9.17) is 4.52 Å². The quantitative estimate of drug-likeness (QED) is 0.866. The van der Waals surface area contributed by atoms with Crippen molar-refractivity contribution in [3.8, 4) is 0 Å². The number of carbonyl (C=O) groups is 1. The molecule has 1 saturated carbocycles. The van der Waals surface area contributed by atoms with Crippen LogP contribution in [0.4, 0.5) is 0 Å². The molecule has 3 fully saturated rings. The molecule has 0 radical (unpaired) electrons. The Balaban J connectivity index is 1.29. The molecule has 3 heterocycles. The predicted octanol–water partition coefficient (Wildman–Crippen LogP) is 2.83. The predicted molar refractivity (Wildman–Crippen MR) is 89.4 cm³/mol. The van der Waals surface area contributed by atoms with Crippen molar-refractivity contribution in [1.29, 1.82) is 0 Å². The second-order valence-electron chi connectivity index (χ2n) is 7.94. The van der Waals surface area contributed by atoms with Crippen molar-refractivity contribution in [2.24, 2.45) is 5.92 Å². The van der Waals surface area contributed by atoms with Gasteiger partial charge in [0.25, 0.3) is 0 Å². The van der Waals surface area contributed by atoms with Crippen molar-refractivity contribution in [3.05, 3.63) is 11.7 Å². The molecule has 1 amide bonds. The van der Waals surface area contributed by atoms with Crippen LogP contribution in [0.1, 0.15) is 88.4 Å². The molecule has 0 aromatic carbocycles. The maximum Gasteiger partial charge on any atom is 0.248 e.